The number of rotatable bonds is 5. The highest BCUT2D eigenvalue weighted by molar-refractivity contribution is 6.07. The average Bonchev–Trinajstić information content (AvgIpc) is 3.73. The van der Waals surface area contributed by atoms with Crippen molar-refractivity contribution in [3.8, 4) is 0 Å². The summed E-state index contributed by atoms with van der Waals surface area (Å²) < 4.78 is 2.29. The lowest BCUT2D eigenvalue weighted by molar-refractivity contribution is 0.0952. The lowest BCUT2D eigenvalue weighted by Gasteiger charge is -2.33. The molecule has 2 saturated carbocycles. The molecule has 154 valence electrons. The van der Waals surface area contributed by atoms with Crippen LogP contribution < -0.4 is 10.2 Å². The number of carbonyl (C=O) groups is 1. The Morgan fingerprint density at radius 1 is 1.03 bits per heavy atom. The van der Waals surface area contributed by atoms with Gasteiger partial charge in [0, 0.05) is 36.5 Å². The van der Waals surface area contributed by atoms with Gasteiger partial charge in [-0.2, -0.15) is 0 Å². The highest BCUT2D eigenvalue weighted by Gasteiger charge is 2.31. The van der Waals surface area contributed by atoms with Gasteiger partial charge in [0.15, 0.2) is 0 Å². The van der Waals surface area contributed by atoms with Gasteiger partial charge in [-0.3, -0.25) is 4.79 Å². The van der Waals surface area contributed by atoms with Crippen LogP contribution in [0.4, 0.5) is 5.82 Å². The van der Waals surface area contributed by atoms with Crippen molar-refractivity contribution in [3.05, 3.63) is 48.0 Å². The standard InChI is InChI=1S/C23H26N6O/c30-23(25-16-5-6-16)19-13-21(26-20-4-2-1-3-18(19)20)28-11-9-15(10-12-28)22-27-24-14-29(22)17-7-8-17/h1-4,13-17H,5-12H2,(H,25,30). The molecule has 30 heavy (non-hydrogen) atoms. The van der Waals surface area contributed by atoms with Gasteiger partial charge in [0.2, 0.25) is 0 Å². The minimum absolute atomic E-state index is 0.0183. The molecule has 0 atom stereocenters. The summed E-state index contributed by atoms with van der Waals surface area (Å²) in [5.41, 5.74) is 1.62. The first-order chi connectivity index (χ1) is 14.8. The predicted molar refractivity (Wildman–Crippen MR) is 115 cm³/mol. The summed E-state index contributed by atoms with van der Waals surface area (Å²) in [7, 11) is 0. The van der Waals surface area contributed by atoms with Crippen molar-refractivity contribution in [1.29, 1.82) is 0 Å². The van der Waals surface area contributed by atoms with Crippen molar-refractivity contribution in [2.75, 3.05) is 18.0 Å². The number of aromatic nitrogens is 4. The topological polar surface area (TPSA) is 75.9 Å². The first kappa shape index (κ1) is 17.9. The number of para-hydroxylation sites is 1. The molecule has 1 amide bonds. The fourth-order valence-electron chi connectivity index (χ4n) is 4.55. The zero-order chi connectivity index (χ0) is 20.1. The molecule has 3 heterocycles. The van der Waals surface area contributed by atoms with Gasteiger partial charge in [0.25, 0.3) is 5.91 Å². The molecule has 0 bridgehead atoms. The van der Waals surface area contributed by atoms with Crippen LogP contribution in [0, 0.1) is 0 Å². The van der Waals surface area contributed by atoms with Crippen molar-refractivity contribution < 1.29 is 4.79 Å². The van der Waals surface area contributed by atoms with E-state index < -0.39 is 0 Å². The van der Waals surface area contributed by atoms with E-state index in [-0.39, 0.29) is 5.91 Å². The highest BCUT2D eigenvalue weighted by atomic mass is 16.1. The normalized spacial score (nSPS) is 19.9. The van der Waals surface area contributed by atoms with Crippen LogP contribution in [0.25, 0.3) is 10.9 Å². The van der Waals surface area contributed by atoms with E-state index in [0.717, 1.165) is 66.9 Å². The molecule has 1 N–H and O–H groups in total. The Balaban J connectivity index is 1.25. The second-order valence-corrected chi connectivity index (χ2v) is 8.88. The van der Waals surface area contributed by atoms with Crippen LogP contribution >= 0.6 is 0 Å². The van der Waals surface area contributed by atoms with E-state index in [1.165, 1.54) is 12.8 Å². The molecular weight excluding hydrogens is 376 g/mol. The largest absolute Gasteiger partial charge is 0.357 e. The van der Waals surface area contributed by atoms with Crippen molar-refractivity contribution in [2.24, 2.45) is 0 Å². The molecule has 0 spiro atoms. The number of hydrogen-bond acceptors (Lipinski definition) is 5. The number of benzene rings is 1. The molecule has 3 fully saturated rings. The summed E-state index contributed by atoms with van der Waals surface area (Å²) >= 11 is 0. The second kappa shape index (κ2) is 7.07. The maximum Gasteiger partial charge on any atom is 0.252 e. The van der Waals surface area contributed by atoms with Crippen LogP contribution in [-0.4, -0.2) is 44.8 Å². The van der Waals surface area contributed by atoms with E-state index in [9.17, 15) is 4.79 Å². The minimum atomic E-state index is 0.0183. The number of fused-ring (bicyclic) bond motifs is 1. The summed E-state index contributed by atoms with van der Waals surface area (Å²) in [6, 6.07) is 10.9. The van der Waals surface area contributed by atoms with Crippen molar-refractivity contribution in [1.82, 2.24) is 25.1 Å². The van der Waals surface area contributed by atoms with Crippen LogP contribution in [0.3, 0.4) is 0 Å². The first-order valence-corrected chi connectivity index (χ1v) is 11.1. The Bertz CT molecular complexity index is 1090. The van der Waals surface area contributed by atoms with Gasteiger partial charge >= 0.3 is 0 Å². The fraction of sp³-hybridized carbons (Fsp3) is 0.478. The first-order valence-electron chi connectivity index (χ1n) is 11.1. The molecule has 2 aliphatic carbocycles. The van der Waals surface area contributed by atoms with E-state index in [1.54, 1.807) is 0 Å². The third-order valence-corrected chi connectivity index (χ3v) is 6.58. The lowest BCUT2D eigenvalue weighted by Crippen LogP contribution is -2.34. The van der Waals surface area contributed by atoms with Crippen LogP contribution in [0.15, 0.2) is 36.7 Å². The molecule has 2 aromatic heterocycles. The fourth-order valence-corrected chi connectivity index (χ4v) is 4.55. The summed E-state index contributed by atoms with van der Waals surface area (Å²) in [6.07, 6.45) is 8.62. The van der Waals surface area contributed by atoms with Gasteiger partial charge in [-0.15, -0.1) is 10.2 Å². The van der Waals surface area contributed by atoms with Gasteiger partial charge < -0.3 is 14.8 Å². The molecule has 0 unspecified atom stereocenters. The SMILES string of the molecule is O=C(NC1CC1)c1cc(N2CCC(c3nncn3C3CC3)CC2)nc2ccccc12. The molecule has 6 rings (SSSR count). The lowest BCUT2D eigenvalue weighted by atomic mass is 9.95. The second-order valence-electron chi connectivity index (χ2n) is 8.88. The minimum Gasteiger partial charge on any atom is -0.357 e. The van der Waals surface area contributed by atoms with E-state index in [0.29, 0.717) is 18.0 Å². The number of nitrogens with zero attached hydrogens (tertiary/aromatic N) is 5. The Morgan fingerprint density at radius 2 is 1.83 bits per heavy atom. The van der Waals surface area contributed by atoms with Crippen molar-refractivity contribution >= 4 is 22.6 Å². The predicted octanol–water partition coefficient (Wildman–Crippen LogP) is 3.44. The van der Waals surface area contributed by atoms with Crippen LogP contribution in [-0.2, 0) is 0 Å². The highest BCUT2D eigenvalue weighted by Crippen LogP contribution is 2.39. The Morgan fingerprint density at radius 3 is 2.60 bits per heavy atom. The van der Waals surface area contributed by atoms with Gasteiger partial charge in [-0.1, -0.05) is 18.2 Å². The van der Waals surface area contributed by atoms with E-state index in [2.05, 4.69) is 25.0 Å². The number of hydrogen-bond donors (Lipinski definition) is 1. The molecule has 1 saturated heterocycles. The Labute approximate surface area is 175 Å². The molecule has 7 heteroatoms. The number of pyridine rings is 1. The number of carbonyl (C=O) groups excluding carboxylic acids is 1. The number of piperidine rings is 1. The van der Waals surface area contributed by atoms with E-state index >= 15 is 0 Å². The van der Waals surface area contributed by atoms with E-state index in [1.807, 2.05) is 36.7 Å². The van der Waals surface area contributed by atoms with Gasteiger partial charge in [0.1, 0.15) is 18.0 Å². The molecule has 3 aromatic rings. The number of anilines is 1. The maximum absolute atomic E-state index is 12.9. The van der Waals surface area contributed by atoms with Crippen LogP contribution in [0.2, 0.25) is 0 Å². The number of nitrogens with one attached hydrogen (secondary N) is 1. The molecular formula is C23H26N6O. The maximum atomic E-state index is 12.9. The Kier molecular flexibility index (Phi) is 4.21. The quantitative estimate of drug-likeness (QED) is 0.708. The molecule has 1 aromatic carbocycles. The van der Waals surface area contributed by atoms with Crippen LogP contribution in [0.1, 0.15) is 66.7 Å². The monoisotopic (exact) mass is 402 g/mol. The number of amides is 1. The molecule has 3 aliphatic rings. The Hall–Kier alpha value is -2.96. The molecule has 7 nitrogen and oxygen atoms in total. The van der Waals surface area contributed by atoms with Crippen LogP contribution in [0.5, 0.6) is 0 Å². The van der Waals surface area contributed by atoms with Crippen molar-refractivity contribution in [2.45, 2.75) is 56.5 Å². The summed E-state index contributed by atoms with van der Waals surface area (Å²) in [6.45, 7) is 1.83. The van der Waals surface area contributed by atoms with Gasteiger partial charge in [-0.25, -0.2) is 4.98 Å². The summed E-state index contributed by atoms with van der Waals surface area (Å²) in [5.74, 6) is 2.51. The molecule has 0 radical (unpaired) electrons. The van der Waals surface area contributed by atoms with Gasteiger partial charge in [-0.05, 0) is 50.7 Å². The third kappa shape index (κ3) is 3.32. The van der Waals surface area contributed by atoms with Gasteiger partial charge in [0.05, 0.1) is 11.1 Å². The summed E-state index contributed by atoms with van der Waals surface area (Å²) in [4.78, 5) is 20.1. The average molecular weight is 403 g/mol. The molecule has 1 aliphatic heterocycles. The smallest absolute Gasteiger partial charge is 0.252 e. The third-order valence-electron chi connectivity index (χ3n) is 6.58. The van der Waals surface area contributed by atoms with E-state index in [4.69, 9.17) is 4.98 Å². The zero-order valence-electron chi connectivity index (χ0n) is 17.0. The van der Waals surface area contributed by atoms with Crippen molar-refractivity contribution in [3.63, 3.8) is 0 Å². The summed E-state index contributed by atoms with van der Waals surface area (Å²) in [5, 5.41) is 12.7. The zero-order valence-corrected chi connectivity index (χ0v) is 17.0.